The fourth-order valence-electron chi connectivity index (χ4n) is 2.74. The van der Waals surface area contributed by atoms with Crippen molar-refractivity contribution in [3.05, 3.63) is 77.6 Å². The van der Waals surface area contributed by atoms with Crippen LogP contribution in [0.15, 0.2) is 60.7 Å². The topological polar surface area (TPSA) is 33.0 Å². The molecule has 0 saturated carbocycles. The molecule has 0 N–H and O–H groups in total. The number of methoxy groups -OCH3 is 1. The second kappa shape index (κ2) is 6.55. The Bertz CT molecular complexity index is 924. The highest BCUT2D eigenvalue weighted by Crippen LogP contribution is 2.31. The number of hydrogen-bond donors (Lipinski definition) is 0. The predicted molar refractivity (Wildman–Crippen MR) is 93.3 cm³/mol. The van der Waals surface area contributed by atoms with Crippen molar-refractivity contribution < 1.29 is 9.13 Å². The van der Waals surface area contributed by atoms with Gasteiger partial charge in [0.05, 0.1) is 18.7 Å². The van der Waals surface area contributed by atoms with Gasteiger partial charge < -0.3 is 4.74 Å². The lowest BCUT2D eigenvalue weighted by atomic mass is 9.95. The van der Waals surface area contributed by atoms with E-state index in [4.69, 9.17) is 10.00 Å². The maximum Gasteiger partial charge on any atom is 0.134 e. The van der Waals surface area contributed by atoms with E-state index in [0.717, 1.165) is 22.3 Å². The number of nitriles is 1. The van der Waals surface area contributed by atoms with Crippen molar-refractivity contribution in [2.24, 2.45) is 0 Å². The van der Waals surface area contributed by atoms with E-state index in [1.54, 1.807) is 24.3 Å². The van der Waals surface area contributed by atoms with Gasteiger partial charge in [-0.25, -0.2) is 4.39 Å². The molecule has 0 spiro atoms. The summed E-state index contributed by atoms with van der Waals surface area (Å²) in [4.78, 5) is 0. The quantitative estimate of drug-likeness (QED) is 0.652. The van der Waals surface area contributed by atoms with Crippen LogP contribution in [0.5, 0.6) is 5.75 Å². The molecule has 2 nitrogen and oxygen atoms in total. The summed E-state index contributed by atoms with van der Waals surface area (Å²) in [5, 5.41) is 8.89. The van der Waals surface area contributed by atoms with Gasteiger partial charge in [0.1, 0.15) is 11.6 Å². The highest BCUT2D eigenvalue weighted by molar-refractivity contribution is 5.74. The maximum absolute atomic E-state index is 14.3. The molecule has 0 aliphatic carbocycles. The van der Waals surface area contributed by atoms with Crippen LogP contribution in [0.4, 0.5) is 4.39 Å². The van der Waals surface area contributed by atoms with Crippen molar-refractivity contribution >= 4 is 0 Å². The van der Waals surface area contributed by atoms with Gasteiger partial charge in [-0.2, -0.15) is 5.26 Å². The lowest BCUT2D eigenvalue weighted by molar-refractivity contribution is 0.411. The Hall–Kier alpha value is -3.12. The summed E-state index contributed by atoms with van der Waals surface area (Å²) in [7, 11) is 1.52. The molecule has 0 heterocycles. The Morgan fingerprint density at radius 3 is 2.12 bits per heavy atom. The SMILES string of the molecule is COc1ccc(-c2ccc(-c3ccc(C#N)cc3)c(C)c2)c(F)c1. The van der Waals surface area contributed by atoms with Gasteiger partial charge in [-0.05, 0) is 53.4 Å². The number of aryl methyl sites for hydroxylation is 1. The average Bonchev–Trinajstić information content (AvgIpc) is 2.61. The lowest BCUT2D eigenvalue weighted by Gasteiger charge is -2.11. The van der Waals surface area contributed by atoms with Crippen molar-refractivity contribution in [2.75, 3.05) is 7.11 Å². The van der Waals surface area contributed by atoms with Crippen molar-refractivity contribution in [2.45, 2.75) is 6.92 Å². The standard InChI is InChI=1S/C21H16FNO/c1-14-11-17(20-10-8-18(24-2)12-21(20)22)7-9-19(14)16-5-3-15(13-23)4-6-16/h3-12H,1-2H3. The first-order valence-electron chi connectivity index (χ1n) is 7.57. The minimum atomic E-state index is -0.306. The van der Waals surface area contributed by atoms with Crippen LogP contribution in [0.3, 0.4) is 0 Å². The Morgan fingerprint density at radius 2 is 1.54 bits per heavy atom. The third-order valence-electron chi connectivity index (χ3n) is 4.04. The van der Waals surface area contributed by atoms with Crippen LogP contribution in [-0.4, -0.2) is 7.11 Å². The summed E-state index contributed by atoms with van der Waals surface area (Å²) in [6.07, 6.45) is 0. The molecule has 0 radical (unpaired) electrons. The highest BCUT2D eigenvalue weighted by atomic mass is 19.1. The van der Waals surface area contributed by atoms with Gasteiger partial charge in [0.2, 0.25) is 0 Å². The van der Waals surface area contributed by atoms with Gasteiger partial charge in [-0.3, -0.25) is 0 Å². The molecular weight excluding hydrogens is 301 g/mol. The van der Waals surface area contributed by atoms with Crippen molar-refractivity contribution in [1.29, 1.82) is 5.26 Å². The lowest BCUT2D eigenvalue weighted by Crippen LogP contribution is -1.90. The zero-order valence-electron chi connectivity index (χ0n) is 13.5. The summed E-state index contributed by atoms with van der Waals surface area (Å²) in [6.45, 7) is 2.00. The van der Waals surface area contributed by atoms with E-state index in [1.807, 2.05) is 37.3 Å². The van der Waals surface area contributed by atoms with Crippen LogP contribution in [0.25, 0.3) is 22.3 Å². The van der Waals surface area contributed by atoms with Gasteiger partial charge in [0, 0.05) is 11.6 Å². The molecule has 0 amide bonds. The normalized spacial score (nSPS) is 10.2. The van der Waals surface area contributed by atoms with Gasteiger partial charge in [-0.15, -0.1) is 0 Å². The van der Waals surface area contributed by atoms with Gasteiger partial charge in [0.25, 0.3) is 0 Å². The van der Waals surface area contributed by atoms with Crippen LogP contribution < -0.4 is 4.74 Å². The zero-order valence-corrected chi connectivity index (χ0v) is 13.5. The first kappa shape index (κ1) is 15.8. The highest BCUT2D eigenvalue weighted by Gasteiger charge is 2.09. The summed E-state index contributed by atoms with van der Waals surface area (Å²) in [5.41, 5.74) is 5.15. The van der Waals surface area contributed by atoms with Crippen LogP contribution in [0, 0.1) is 24.1 Å². The monoisotopic (exact) mass is 317 g/mol. The van der Waals surface area contributed by atoms with Crippen LogP contribution in [0.2, 0.25) is 0 Å². The number of benzene rings is 3. The van der Waals surface area contributed by atoms with E-state index in [1.165, 1.54) is 13.2 Å². The Balaban J connectivity index is 1.99. The molecule has 3 rings (SSSR count). The van der Waals surface area contributed by atoms with E-state index < -0.39 is 0 Å². The Morgan fingerprint density at radius 1 is 0.875 bits per heavy atom. The molecular formula is C21H16FNO. The minimum Gasteiger partial charge on any atom is -0.497 e. The summed E-state index contributed by atoms with van der Waals surface area (Å²) >= 11 is 0. The maximum atomic E-state index is 14.3. The van der Waals surface area contributed by atoms with E-state index in [-0.39, 0.29) is 5.82 Å². The van der Waals surface area contributed by atoms with E-state index in [0.29, 0.717) is 16.9 Å². The molecule has 0 unspecified atom stereocenters. The van der Waals surface area contributed by atoms with Crippen molar-refractivity contribution in [1.82, 2.24) is 0 Å². The van der Waals surface area contributed by atoms with Gasteiger partial charge in [0.15, 0.2) is 0 Å². The molecule has 3 aromatic carbocycles. The van der Waals surface area contributed by atoms with Crippen LogP contribution in [-0.2, 0) is 0 Å². The number of rotatable bonds is 3. The second-order valence-electron chi connectivity index (χ2n) is 5.56. The van der Waals surface area contributed by atoms with Gasteiger partial charge in [-0.1, -0.05) is 30.3 Å². The molecule has 0 aromatic heterocycles. The molecule has 0 aliphatic heterocycles. The van der Waals surface area contributed by atoms with Crippen molar-refractivity contribution in [3.63, 3.8) is 0 Å². The fourth-order valence-corrected chi connectivity index (χ4v) is 2.74. The molecule has 0 aliphatic rings. The molecule has 118 valence electrons. The second-order valence-corrected chi connectivity index (χ2v) is 5.56. The third kappa shape index (κ3) is 3.00. The molecule has 0 atom stereocenters. The Kier molecular flexibility index (Phi) is 4.31. The van der Waals surface area contributed by atoms with Crippen LogP contribution >= 0.6 is 0 Å². The summed E-state index contributed by atoms with van der Waals surface area (Å²) in [6, 6.07) is 20.3. The molecule has 0 bridgehead atoms. The van der Waals surface area contributed by atoms with Gasteiger partial charge >= 0.3 is 0 Å². The number of halogens is 1. The number of hydrogen-bond acceptors (Lipinski definition) is 2. The van der Waals surface area contributed by atoms with Crippen LogP contribution in [0.1, 0.15) is 11.1 Å². The minimum absolute atomic E-state index is 0.306. The number of nitrogens with zero attached hydrogens (tertiary/aromatic N) is 1. The predicted octanol–water partition coefficient (Wildman–Crippen LogP) is 5.35. The molecule has 0 saturated heterocycles. The Labute approximate surface area is 140 Å². The van der Waals surface area contributed by atoms with E-state index >= 15 is 0 Å². The largest absolute Gasteiger partial charge is 0.497 e. The van der Waals surface area contributed by atoms with Crippen molar-refractivity contribution in [3.8, 4) is 34.1 Å². The summed E-state index contributed by atoms with van der Waals surface area (Å²) in [5.74, 6) is 0.196. The fraction of sp³-hybridized carbons (Fsp3) is 0.0952. The zero-order chi connectivity index (χ0) is 17.1. The molecule has 0 fully saturated rings. The molecule has 24 heavy (non-hydrogen) atoms. The first-order chi connectivity index (χ1) is 11.6. The third-order valence-corrected chi connectivity index (χ3v) is 4.04. The molecule has 3 heteroatoms. The molecule has 3 aromatic rings. The smallest absolute Gasteiger partial charge is 0.134 e. The summed E-state index contributed by atoms with van der Waals surface area (Å²) < 4.78 is 19.3. The van der Waals surface area contributed by atoms with E-state index in [2.05, 4.69) is 6.07 Å². The first-order valence-corrected chi connectivity index (χ1v) is 7.57. The van der Waals surface area contributed by atoms with E-state index in [9.17, 15) is 4.39 Å². The number of ether oxygens (including phenoxy) is 1. The average molecular weight is 317 g/mol.